The lowest BCUT2D eigenvalue weighted by molar-refractivity contribution is 0.674. The fraction of sp³-hybridized carbons (Fsp3) is 1.00. The molecule has 6 heavy (non-hydrogen) atoms. The van der Waals surface area contributed by atoms with Crippen LogP contribution in [0.15, 0.2) is 0 Å². The fourth-order valence-electron chi connectivity index (χ4n) is 0. The van der Waals surface area contributed by atoms with Crippen molar-refractivity contribution in [3.05, 3.63) is 5.73 Å². The van der Waals surface area contributed by atoms with Crippen molar-refractivity contribution in [2.45, 2.75) is 13.3 Å². The minimum atomic E-state index is 0.569. The highest BCUT2D eigenvalue weighted by Gasteiger charge is 1.46. The predicted molar refractivity (Wildman–Crippen MR) is 32.3 cm³/mol. The number of nitrogens with one attached hydrogen (secondary N) is 1. The highest BCUT2D eigenvalue weighted by Crippen LogP contribution is 1.67. The van der Waals surface area contributed by atoms with Crippen LogP contribution in [0.25, 0.3) is 5.73 Å². The van der Waals surface area contributed by atoms with Crippen LogP contribution in [-0.2, 0) is 12.9 Å². The summed E-state index contributed by atoms with van der Waals surface area (Å²) in [6.07, 6.45) is 0.986. The number of hydrogen-bond acceptors (Lipinski definition) is 1. The van der Waals surface area contributed by atoms with Gasteiger partial charge in [-0.1, -0.05) is 13.3 Å². The van der Waals surface area contributed by atoms with Crippen molar-refractivity contribution in [2.75, 3.05) is 6.54 Å². The SMILES string of the molecule is CCC[NH-].O[SH2+]. The van der Waals surface area contributed by atoms with E-state index < -0.39 is 0 Å². The molecule has 0 spiro atoms. The summed E-state index contributed by atoms with van der Waals surface area (Å²) in [5.41, 5.74) is 6.45. The van der Waals surface area contributed by atoms with E-state index in [4.69, 9.17) is 10.3 Å². The van der Waals surface area contributed by atoms with Gasteiger partial charge in [-0.15, -0.1) is 0 Å². The van der Waals surface area contributed by atoms with Crippen molar-refractivity contribution in [3.63, 3.8) is 0 Å². The Bertz CT molecular complexity index is 12.8. The topological polar surface area (TPSA) is 44.0 Å². The van der Waals surface area contributed by atoms with Gasteiger partial charge in [0.2, 0.25) is 0 Å². The van der Waals surface area contributed by atoms with Crippen molar-refractivity contribution < 1.29 is 4.55 Å². The molecule has 0 fully saturated rings. The Morgan fingerprint density at radius 2 is 1.83 bits per heavy atom. The second-order valence-electron chi connectivity index (χ2n) is 0.750. The molecule has 0 saturated carbocycles. The smallest absolute Gasteiger partial charge is 0.114 e. The molecule has 3 heteroatoms. The van der Waals surface area contributed by atoms with Gasteiger partial charge in [0.1, 0.15) is 12.9 Å². The molecule has 0 bridgehead atoms. The third-order valence-corrected chi connectivity index (χ3v) is 0.250. The minimum Gasteiger partial charge on any atom is -0.677 e. The molecule has 0 unspecified atom stereocenters. The molecule has 2 N–H and O–H groups in total. The van der Waals surface area contributed by atoms with Gasteiger partial charge < -0.3 is 5.73 Å². The molecule has 0 rings (SSSR count). The van der Waals surface area contributed by atoms with Gasteiger partial charge in [-0.05, 0) is 0 Å². The first-order valence-corrected chi connectivity index (χ1v) is 2.23. The average molecular weight is 109 g/mol. The molecule has 0 saturated heterocycles. The molecule has 0 radical (unpaired) electrons. The summed E-state index contributed by atoms with van der Waals surface area (Å²) < 4.78 is 6.81. The second-order valence-corrected chi connectivity index (χ2v) is 0.750. The normalized spacial score (nSPS) is 6.00. The molecule has 0 aromatic heterocycles. The van der Waals surface area contributed by atoms with Gasteiger partial charge in [-0.25, -0.2) is 0 Å². The summed E-state index contributed by atoms with van der Waals surface area (Å²) >= 11 is 1.97. The monoisotopic (exact) mass is 109 g/mol. The van der Waals surface area contributed by atoms with Crippen molar-refractivity contribution in [1.29, 1.82) is 0 Å². The Labute approximate surface area is 44.0 Å². The van der Waals surface area contributed by atoms with Gasteiger partial charge in [-0.2, -0.15) is 11.1 Å². The van der Waals surface area contributed by atoms with Gasteiger partial charge in [0.05, 0.1) is 0 Å². The Kier molecular flexibility index (Phi) is 29.7. The Balaban J connectivity index is 0. The van der Waals surface area contributed by atoms with Crippen LogP contribution in [0.1, 0.15) is 13.3 Å². The first-order chi connectivity index (χ1) is 2.91. The summed E-state index contributed by atoms with van der Waals surface area (Å²) in [4.78, 5) is 0. The van der Waals surface area contributed by atoms with Crippen LogP contribution < -0.4 is 0 Å². The lowest BCUT2D eigenvalue weighted by atomic mass is 10.5. The van der Waals surface area contributed by atoms with E-state index in [1.165, 1.54) is 0 Å². The van der Waals surface area contributed by atoms with Crippen molar-refractivity contribution in [3.8, 4) is 0 Å². The van der Waals surface area contributed by atoms with Crippen LogP contribution in [0.5, 0.6) is 0 Å². The highest BCUT2D eigenvalue weighted by molar-refractivity contribution is 7.51. The highest BCUT2D eigenvalue weighted by atomic mass is 32.1. The maximum atomic E-state index is 6.81. The lowest BCUT2D eigenvalue weighted by Crippen LogP contribution is -1.59. The van der Waals surface area contributed by atoms with Crippen LogP contribution in [0, 0.1) is 0 Å². The molecular weight excluding hydrogens is 98.1 g/mol. The maximum absolute atomic E-state index is 6.81. The summed E-state index contributed by atoms with van der Waals surface area (Å²) in [5.74, 6) is 0. The van der Waals surface area contributed by atoms with Crippen molar-refractivity contribution >= 4 is 12.9 Å². The lowest BCUT2D eigenvalue weighted by Gasteiger charge is -1.84. The van der Waals surface area contributed by atoms with E-state index in [0.29, 0.717) is 6.54 Å². The van der Waals surface area contributed by atoms with Gasteiger partial charge >= 0.3 is 0 Å². The largest absolute Gasteiger partial charge is 0.677 e. The van der Waals surface area contributed by atoms with E-state index in [1.54, 1.807) is 0 Å². The molecule has 0 aliphatic carbocycles. The fourth-order valence-corrected chi connectivity index (χ4v) is 0. The van der Waals surface area contributed by atoms with E-state index in [9.17, 15) is 0 Å². The molecule has 40 valence electrons. The predicted octanol–water partition coefficient (Wildman–Crippen LogP) is 0.919. The van der Waals surface area contributed by atoms with Gasteiger partial charge in [-0.3, -0.25) is 0 Å². The Morgan fingerprint density at radius 3 is 1.83 bits per heavy atom. The number of hydrogen-bond donors (Lipinski definition) is 1. The average Bonchev–Trinajstić information content (AvgIpc) is 1.72. The third-order valence-electron chi connectivity index (χ3n) is 0.250. The minimum absolute atomic E-state index is 0.569. The summed E-state index contributed by atoms with van der Waals surface area (Å²) in [5, 5.41) is 0. The molecule has 0 aliphatic heterocycles. The van der Waals surface area contributed by atoms with E-state index in [0.717, 1.165) is 6.42 Å². The molecule has 0 aromatic carbocycles. The standard InChI is InChI=1S/C3H8N.H2OS/c1-2-3-4;1-2/h4H,2-3H2,1H3;1-2H/q-1;/p+1. The van der Waals surface area contributed by atoms with Crippen molar-refractivity contribution in [1.82, 2.24) is 0 Å². The molecule has 2 nitrogen and oxygen atoms in total. The zero-order valence-corrected chi connectivity index (χ0v) is 4.86. The quantitative estimate of drug-likeness (QED) is 0.500. The summed E-state index contributed by atoms with van der Waals surface area (Å²) in [6, 6.07) is 0. The molecule has 0 aliphatic rings. The number of rotatable bonds is 1. The second kappa shape index (κ2) is 18.6. The van der Waals surface area contributed by atoms with Gasteiger partial charge in [0.25, 0.3) is 0 Å². The Hall–Kier alpha value is 0.270. The van der Waals surface area contributed by atoms with E-state index >= 15 is 0 Å². The molecular formula is C3H11NOS. The molecule has 0 aromatic rings. The van der Waals surface area contributed by atoms with Gasteiger partial charge in [0.15, 0.2) is 0 Å². The summed E-state index contributed by atoms with van der Waals surface area (Å²) in [6.45, 7) is 2.56. The zero-order chi connectivity index (χ0) is 5.41. The van der Waals surface area contributed by atoms with Crippen LogP contribution >= 0.6 is 0 Å². The van der Waals surface area contributed by atoms with Crippen LogP contribution in [0.2, 0.25) is 0 Å². The summed E-state index contributed by atoms with van der Waals surface area (Å²) in [7, 11) is 0. The van der Waals surface area contributed by atoms with Crippen LogP contribution in [0.3, 0.4) is 0 Å². The van der Waals surface area contributed by atoms with E-state index in [-0.39, 0.29) is 0 Å². The Morgan fingerprint density at radius 1 is 1.67 bits per heavy atom. The third kappa shape index (κ3) is 28.3. The molecule has 0 heterocycles. The first-order valence-electron chi connectivity index (χ1n) is 1.78. The van der Waals surface area contributed by atoms with Crippen LogP contribution in [-0.4, -0.2) is 11.1 Å². The zero-order valence-electron chi connectivity index (χ0n) is 3.86. The van der Waals surface area contributed by atoms with Gasteiger partial charge in [0, 0.05) is 0 Å². The maximum Gasteiger partial charge on any atom is 0.114 e. The molecule has 0 atom stereocenters. The van der Waals surface area contributed by atoms with Crippen LogP contribution in [0.4, 0.5) is 0 Å². The first kappa shape index (κ1) is 9.55. The molecule has 0 amide bonds. The van der Waals surface area contributed by atoms with E-state index in [2.05, 4.69) is 0 Å². The van der Waals surface area contributed by atoms with E-state index in [1.807, 2.05) is 19.8 Å². The van der Waals surface area contributed by atoms with Crippen molar-refractivity contribution in [2.24, 2.45) is 0 Å².